The Morgan fingerprint density at radius 2 is 1.88 bits per heavy atom. The van der Waals surface area contributed by atoms with Gasteiger partial charge in [0.25, 0.3) is 0 Å². The fourth-order valence-corrected chi connectivity index (χ4v) is 0.345. The third kappa shape index (κ3) is 3.53. The first-order valence-electron chi connectivity index (χ1n) is 2.27. The molecule has 0 aromatic rings. The molecule has 8 heavy (non-hydrogen) atoms. The first-order chi connectivity index (χ1) is 3.66. The predicted molar refractivity (Wildman–Crippen MR) is 29.7 cm³/mol. The van der Waals surface area contributed by atoms with Gasteiger partial charge in [0.2, 0.25) is 0 Å². The average molecular weight is 118 g/mol. The first kappa shape index (κ1) is 7.34. The van der Waals surface area contributed by atoms with Gasteiger partial charge in [-0.05, 0) is 25.5 Å². The van der Waals surface area contributed by atoms with Crippen molar-refractivity contribution in [2.45, 2.75) is 13.8 Å². The van der Waals surface area contributed by atoms with Crippen LogP contribution < -0.4 is 0 Å². The molecule has 0 heterocycles. The molecule has 0 saturated carbocycles. The summed E-state index contributed by atoms with van der Waals surface area (Å²) in [7, 11) is 0. The molecule has 0 bridgehead atoms. The van der Waals surface area contributed by atoms with E-state index in [1.807, 2.05) is 0 Å². The fourth-order valence-electron chi connectivity index (χ4n) is 0.345. The van der Waals surface area contributed by atoms with Crippen molar-refractivity contribution < 1.29 is 8.78 Å². The molecule has 0 aliphatic heterocycles. The summed E-state index contributed by atoms with van der Waals surface area (Å²) in [5, 5.41) is 0. The van der Waals surface area contributed by atoms with Crippen LogP contribution in [0.5, 0.6) is 0 Å². The fraction of sp³-hybridized carbons (Fsp3) is 0.333. The Morgan fingerprint density at radius 1 is 1.38 bits per heavy atom. The Kier molecular flexibility index (Phi) is 3.08. The Labute approximate surface area is 47.5 Å². The third-order valence-electron chi connectivity index (χ3n) is 0.599. The molecule has 2 heteroatoms. The number of rotatable bonds is 1. The average Bonchev–Trinajstić information content (AvgIpc) is 1.65. The van der Waals surface area contributed by atoms with Gasteiger partial charge in [-0.25, -0.2) is 8.78 Å². The SMILES string of the molecule is CC(=C/F)/C=C(\C)F. The van der Waals surface area contributed by atoms with Crippen molar-refractivity contribution in [1.82, 2.24) is 0 Å². The molecule has 0 nitrogen and oxygen atoms in total. The Balaban J connectivity index is 3.89. The molecule has 0 fully saturated rings. The lowest BCUT2D eigenvalue weighted by molar-refractivity contribution is 0.637. The van der Waals surface area contributed by atoms with Gasteiger partial charge in [-0.1, -0.05) is 0 Å². The topological polar surface area (TPSA) is 0 Å². The second-order valence-corrected chi connectivity index (χ2v) is 1.58. The van der Waals surface area contributed by atoms with Gasteiger partial charge < -0.3 is 0 Å². The predicted octanol–water partition coefficient (Wildman–Crippen LogP) is 2.73. The van der Waals surface area contributed by atoms with Crippen molar-refractivity contribution in [2.24, 2.45) is 0 Å². The van der Waals surface area contributed by atoms with Gasteiger partial charge in [0.05, 0.1) is 12.2 Å². The molecule has 0 rings (SSSR count). The Morgan fingerprint density at radius 3 is 2.00 bits per heavy atom. The van der Waals surface area contributed by atoms with Crippen LogP contribution >= 0.6 is 0 Å². The summed E-state index contributed by atoms with van der Waals surface area (Å²) in [6.07, 6.45) is 1.49. The van der Waals surface area contributed by atoms with Crippen molar-refractivity contribution >= 4 is 0 Å². The van der Waals surface area contributed by atoms with Crippen LogP contribution in [-0.2, 0) is 0 Å². The summed E-state index contributed by atoms with van der Waals surface area (Å²) < 4.78 is 23.2. The summed E-state index contributed by atoms with van der Waals surface area (Å²) >= 11 is 0. The van der Waals surface area contributed by atoms with E-state index in [0.717, 1.165) is 6.08 Å². The summed E-state index contributed by atoms with van der Waals surface area (Å²) in [5.74, 6) is -0.378. The Hall–Kier alpha value is -0.660. The van der Waals surface area contributed by atoms with E-state index in [1.54, 1.807) is 0 Å². The summed E-state index contributed by atoms with van der Waals surface area (Å²) in [6, 6.07) is 0. The van der Waals surface area contributed by atoms with Gasteiger partial charge in [-0.15, -0.1) is 0 Å². The third-order valence-corrected chi connectivity index (χ3v) is 0.599. The van der Waals surface area contributed by atoms with E-state index in [9.17, 15) is 8.78 Å². The van der Waals surface area contributed by atoms with Crippen LogP contribution in [0.15, 0.2) is 23.8 Å². The molecule has 46 valence electrons. The van der Waals surface area contributed by atoms with Crippen molar-refractivity contribution in [3.05, 3.63) is 23.8 Å². The number of hydrogen-bond donors (Lipinski definition) is 0. The molecule has 0 saturated heterocycles. The van der Waals surface area contributed by atoms with Gasteiger partial charge in [0, 0.05) is 0 Å². The monoisotopic (exact) mass is 118 g/mol. The molecular weight excluding hydrogens is 110 g/mol. The second-order valence-electron chi connectivity index (χ2n) is 1.58. The number of allylic oxidation sites excluding steroid dienone is 3. The lowest BCUT2D eigenvalue weighted by atomic mass is 10.3. The van der Waals surface area contributed by atoms with Gasteiger partial charge in [-0.3, -0.25) is 0 Å². The highest BCUT2D eigenvalue weighted by Crippen LogP contribution is 2.01. The standard InChI is InChI=1S/C6H8F2/c1-5(4-7)3-6(2)8/h3-4H,1-2H3/b5-4-,6-3+. The van der Waals surface area contributed by atoms with Crippen LogP contribution in [0.1, 0.15) is 13.8 Å². The van der Waals surface area contributed by atoms with Crippen molar-refractivity contribution in [3.63, 3.8) is 0 Å². The van der Waals surface area contributed by atoms with Crippen LogP contribution in [0.4, 0.5) is 8.78 Å². The highest BCUT2D eigenvalue weighted by atomic mass is 19.1. The maximum atomic E-state index is 11.8. The van der Waals surface area contributed by atoms with E-state index in [2.05, 4.69) is 0 Å². The minimum atomic E-state index is -0.378. The normalized spacial score (nSPS) is 14.5. The molecule has 0 aliphatic rings. The first-order valence-corrected chi connectivity index (χ1v) is 2.27. The lowest BCUT2D eigenvalue weighted by Crippen LogP contribution is -1.65. The second kappa shape index (κ2) is 3.36. The van der Waals surface area contributed by atoms with Crippen molar-refractivity contribution in [3.8, 4) is 0 Å². The van der Waals surface area contributed by atoms with Crippen molar-refractivity contribution in [2.75, 3.05) is 0 Å². The number of halogens is 2. The van der Waals surface area contributed by atoms with Crippen LogP contribution in [0.25, 0.3) is 0 Å². The molecule has 0 atom stereocenters. The van der Waals surface area contributed by atoms with Crippen molar-refractivity contribution in [1.29, 1.82) is 0 Å². The zero-order chi connectivity index (χ0) is 6.57. The van der Waals surface area contributed by atoms with Crippen LogP contribution in [0.3, 0.4) is 0 Å². The van der Waals surface area contributed by atoms with E-state index in [-0.39, 0.29) is 5.83 Å². The molecule has 0 radical (unpaired) electrons. The molecule has 0 unspecified atom stereocenters. The molecular formula is C6H8F2. The highest BCUT2D eigenvalue weighted by Gasteiger charge is 1.82. The maximum absolute atomic E-state index is 11.8. The van der Waals surface area contributed by atoms with E-state index < -0.39 is 0 Å². The molecule has 0 spiro atoms. The minimum absolute atomic E-state index is 0.296. The van der Waals surface area contributed by atoms with Crippen LogP contribution in [0.2, 0.25) is 0 Å². The van der Waals surface area contributed by atoms with E-state index >= 15 is 0 Å². The van der Waals surface area contributed by atoms with E-state index in [1.165, 1.54) is 13.8 Å². The Bertz CT molecular complexity index is 118. The van der Waals surface area contributed by atoms with Gasteiger partial charge in [0.15, 0.2) is 0 Å². The molecule has 0 amide bonds. The maximum Gasteiger partial charge on any atom is 0.0972 e. The van der Waals surface area contributed by atoms with Gasteiger partial charge >= 0.3 is 0 Å². The van der Waals surface area contributed by atoms with Crippen LogP contribution in [0, 0.1) is 0 Å². The highest BCUT2D eigenvalue weighted by molar-refractivity contribution is 5.14. The molecule has 0 aromatic heterocycles. The van der Waals surface area contributed by atoms with Gasteiger partial charge in [-0.2, -0.15) is 0 Å². The lowest BCUT2D eigenvalue weighted by Gasteiger charge is -1.83. The van der Waals surface area contributed by atoms with Gasteiger partial charge in [0.1, 0.15) is 0 Å². The van der Waals surface area contributed by atoms with Crippen LogP contribution in [-0.4, -0.2) is 0 Å². The summed E-state index contributed by atoms with van der Waals surface area (Å²) in [5.41, 5.74) is 0.296. The molecule has 0 aromatic carbocycles. The minimum Gasteiger partial charge on any atom is -0.215 e. The van der Waals surface area contributed by atoms with E-state index in [4.69, 9.17) is 0 Å². The zero-order valence-corrected chi connectivity index (χ0v) is 4.91. The molecule has 0 N–H and O–H groups in total. The smallest absolute Gasteiger partial charge is 0.0972 e. The van der Waals surface area contributed by atoms with E-state index in [0.29, 0.717) is 11.9 Å². The largest absolute Gasteiger partial charge is 0.215 e. The molecule has 0 aliphatic carbocycles. The quantitative estimate of drug-likeness (QED) is 0.464. The number of hydrogen-bond acceptors (Lipinski definition) is 0. The summed E-state index contributed by atoms with van der Waals surface area (Å²) in [6.45, 7) is 2.76. The summed E-state index contributed by atoms with van der Waals surface area (Å²) in [4.78, 5) is 0. The zero-order valence-electron chi connectivity index (χ0n) is 4.91.